The molecule has 20 heavy (non-hydrogen) atoms. The highest BCUT2D eigenvalue weighted by molar-refractivity contribution is 9.10. The van der Waals surface area contributed by atoms with Gasteiger partial charge < -0.3 is 5.11 Å². The zero-order chi connectivity index (χ0) is 14.7. The van der Waals surface area contributed by atoms with Crippen molar-refractivity contribution in [1.82, 2.24) is 9.78 Å². The van der Waals surface area contributed by atoms with Crippen LogP contribution < -0.4 is 0 Å². The number of aliphatic hydroxyl groups is 1. The molecule has 0 amide bonds. The maximum absolute atomic E-state index is 10.4. The first kappa shape index (κ1) is 15.6. The van der Waals surface area contributed by atoms with E-state index in [9.17, 15) is 5.11 Å². The molecule has 1 unspecified atom stereocenters. The van der Waals surface area contributed by atoms with E-state index in [2.05, 4.69) is 40.1 Å². The highest BCUT2D eigenvalue weighted by Gasteiger charge is 2.16. The van der Waals surface area contributed by atoms with Gasteiger partial charge in [0.15, 0.2) is 0 Å². The van der Waals surface area contributed by atoms with Crippen LogP contribution in [0.3, 0.4) is 0 Å². The molecule has 5 heteroatoms. The number of aliphatic hydroxyl groups excluding tert-OH is 1. The lowest BCUT2D eigenvalue weighted by Crippen LogP contribution is -2.07. The van der Waals surface area contributed by atoms with Crippen LogP contribution in [-0.4, -0.2) is 20.6 Å². The molecule has 0 aliphatic carbocycles. The van der Waals surface area contributed by atoms with Gasteiger partial charge in [0.05, 0.1) is 22.0 Å². The fraction of sp³-hybridized carbons (Fsp3) is 0.400. The smallest absolute Gasteiger partial charge is 0.0845 e. The van der Waals surface area contributed by atoms with Crippen LogP contribution in [0.15, 0.2) is 33.6 Å². The monoisotopic (exact) mass is 354 g/mol. The van der Waals surface area contributed by atoms with Crippen LogP contribution >= 0.6 is 27.7 Å². The summed E-state index contributed by atoms with van der Waals surface area (Å²) in [5.41, 5.74) is 2.91. The topological polar surface area (TPSA) is 38.1 Å². The second kappa shape index (κ2) is 6.78. The van der Waals surface area contributed by atoms with E-state index in [1.807, 2.05) is 30.8 Å². The van der Waals surface area contributed by atoms with E-state index in [1.165, 1.54) is 4.90 Å². The van der Waals surface area contributed by atoms with Crippen molar-refractivity contribution >= 4 is 27.7 Å². The summed E-state index contributed by atoms with van der Waals surface area (Å²) in [5.74, 6) is 1.06. The second-order valence-electron chi connectivity index (χ2n) is 4.69. The van der Waals surface area contributed by atoms with E-state index >= 15 is 0 Å². The van der Waals surface area contributed by atoms with Gasteiger partial charge in [-0.2, -0.15) is 5.10 Å². The van der Waals surface area contributed by atoms with E-state index in [1.54, 1.807) is 11.8 Å². The van der Waals surface area contributed by atoms with E-state index in [0.29, 0.717) is 6.42 Å². The molecule has 108 valence electrons. The van der Waals surface area contributed by atoms with Crippen LogP contribution in [0.1, 0.15) is 30.0 Å². The Morgan fingerprint density at radius 3 is 2.50 bits per heavy atom. The lowest BCUT2D eigenvalue weighted by molar-refractivity contribution is 0.175. The van der Waals surface area contributed by atoms with Gasteiger partial charge >= 0.3 is 0 Å². The number of benzene rings is 1. The van der Waals surface area contributed by atoms with Crippen LogP contribution in [0, 0.1) is 6.92 Å². The third kappa shape index (κ3) is 3.45. The Labute approximate surface area is 132 Å². The van der Waals surface area contributed by atoms with Gasteiger partial charge in [-0.25, -0.2) is 0 Å². The summed E-state index contributed by atoms with van der Waals surface area (Å²) in [6.45, 7) is 4.09. The maximum Gasteiger partial charge on any atom is 0.0845 e. The molecular formula is C15H19BrN2OS. The van der Waals surface area contributed by atoms with Crippen molar-refractivity contribution in [2.45, 2.75) is 31.3 Å². The van der Waals surface area contributed by atoms with E-state index in [0.717, 1.165) is 27.2 Å². The molecule has 2 aromatic rings. The molecular weight excluding hydrogens is 336 g/mol. The van der Waals surface area contributed by atoms with Gasteiger partial charge in [0.1, 0.15) is 0 Å². The highest BCUT2D eigenvalue weighted by atomic mass is 79.9. The van der Waals surface area contributed by atoms with Gasteiger partial charge in [-0.05, 0) is 46.3 Å². The van der Waals surface area contributed by atoms with Gasteiger partial charge in [-0.15, -0.1) is 11.8 Å². The predicted octanol–water partition coefficient (Wildman–Crippen LogP) is 3.88. The van der Waals surface area contributed by atoms with Gasteiger partial charge in [-0.1, -0.05) is 19.1 Å². The molecule has 3 nitrogen and oxygen atoms in total. The van der Waals surface area contributed by atoms with Crippen LogP contribution in [0.25, 0.3) is 0 Å². The fourth-order valence-corrected chi connectivity index (χ4v) is 3.32. The predicted molar refractivity (Wildman–Crippen MR) is 87.1 cm³/mol. The number of halogens is 1. The van der Waals surface area contributed by atoms with Crippen molar-refractivity contribution in [3.8, 4) is 0 Å². The van der Waals surface area contributed by atoms with E-state index in [4.69, 9.17) is 0 Å². The average Bonchev–Trinajstić information content (AvgIpc) is 2.66. The molecule has 2 rings (SSSR count). The third-order valence-electron chi connectivity index (χ3n) is 3.22. The van der Waals surface area contributed by atoms with Crippen LogP contribution in [-0.2, 0) is 13.5 Å². The van der Waals surface area contributed by atoms with Gasteiger partial charge in [-0.3, -0.25) is 4.68 Å². The Morgan fingerprint density at radius 2 is 2.00 bits per heavy atom. The van der Waals surface area contributed by atoms with Crippen molar-refractivity contribution in [3.63, 3.8) is 0 Å². The Balaban J connectivity index is 2.13. The Morgan fingerprint density at radius 1 is 1.35 bits per heavy atom. The number of aryl methyl sites for hydroxylation is 2. The molecule has 1 aromatic carbocycles. The molecule has 1 aromatic heterocycles. The van der Waals surface area contributed by atoms with Crippen molar-refractivity contribution in [2.24, 2.45) is 7.05 Å². The third-order valence-corrected chi connectivity index (χ3v) is 5.15. The number of rotatable bonds is 5. The molecule has 0 fully saturated rings. The first-order valence-electron chi connectivity index (χ1n) is 6.61. The number of hydrogen-bond donors (Lipinski definition) is 1. The maximum atomic E-state index is 10.4. The molecule has 0 radical (unpaired) electrons. The quantitative estimate of drug-likeness (QED) is 0.828. The molecule has 0 saturated heterocycles. The Hall–Kier alpha value is -0.780. The van der Waals surface area contributed by atoms with Gasteiger partial charge in [0.25, 0.3) is 0 Å². The molecule has 0 spiro atoms. The minimum atomic E-state index is -0.512. The van der Waals surface area contributed by atoms with Crippen LogP contribution in [0.2, 0.25) is 0 Å². The molecule has 0 saturated carbocycles. The zero-order valence-electron chi connectivity index (χ0n) is 11.9. The zero-order valence-corrected chi connectivity index (χ0v) is 14.3. The van der Waals surface area contributed by atoms with Crippen molar-refractivity contribution in [1.29, 1.82) is 0 Å². The summed E-state index contributed by atoms with van der Waals surface area (Å²) in [6.07, 6.45) is 0.0415. The molecule has 0 aliphatic rings. The number of nitrogens with zero attached hydrogens (tertiary/aromatic N) is 2. The number of hydrogen-bond acceptors (Lipinski definition) is 3. The lowest BCUT2D eigenvalue weighted by atomic mass is 10.0. The van der Waals surface area contributed by atoms with Gasteiger partial charge in [0, 0.05) is 18.4 Å². The summed E-state index contributed by atoms with van der Waals surface area (Å²) >= 11 is 5.34. The summed E-state index contributed by atoms with van der Waals surface area (Å²) in [7, 11) is 1.90. The summed E-state index contributed by atoms with van der Waals surface area (Å²) in [4.78, 5) is 1.24. The summed E-state index contributed by atoms with van der Waals surface area (Å²) < 4.78 is 2.81. The SMILES string of the molecule is CCSc1ccc(C(O)Cc2c(Br)c(C)nn2C)cc1. The lowest BCUT2D eigenvalue weighted by Gasteiger charge is -2.12. The van der Waals surface area contributed by atoms with E-state index in [-0.39, 0.29) is 0 Å². The van der Waals surface area contributed by atoms with Crippen molar-refractivity contribution < 1.29 is 5.11 Å². The summed E-state index contributed by atoms with van der Waals surface area (Å²) in [5, 5.41) is 14.7. The molecule has 0 aliphatic heterocycles. The molecule has 1 heterocycles. The first-order chi connectivity index (χ1) is 9.52. The average molecular weight is 355 g/mol. The van der Waals surface area contributed by atoms with Crippen LogP contribution in [0.4, 0.5) is 0 Å². The minimum Gasteiger partial charge on any atom is -0.388 e. The van der Waals surface area contributed by atoms with E-state index < -0.39 is 6.10 Å². The highest BCUT2D eigenvalue weighted by Crippen LogP contribution is 2.27. The number of thioether (sulfide) groups is 1. The standard InChI is InChI=1S/C15H19BrN2OS/c1-4-20-12-7-5-11(6-8-12)14(19)9-13-15(16)10(2)17-18(13)3/h5-8,14,19H,4,9H2,1-3H3. The normalized spacial score (nSPS) is 12.7. The Bertz CT molecular complexity index is 580. The number of aromatic nitrogens is 2. The fourth-order valence-electron chi connectivity index (χ4n) is 2.16. The largest absolute Gasteiger partial charge is 0.388 e. The Kier molecular flexibility index (Phi) is 5.29. The van der Waals surface area contributed by atoms with Crippen molar-refractivity contribution in [2.75, 3.05) is 5.75 Å². The summed E-state index contributed by atoms with van der Waals surface area (Å²) in [6, 6.07) is 8.13. The minimum absolute atomic E-state index is 0.512. The second-order valence-corrected chi connectivity index (χ2v) is 6.82. The first-order valence-corrected chi connectivity index (χ1v) is 8.39. The van der Waals surface area contributed by atoms with Crippen LogP contribution in [0.5, 0.6) is 0 Å². The van der Waals surface area contributed by atoms with Gasteiger partial charge in [0.2, 0.25) is 0 Å². The molecule has 1 N–H and O–H groups in total. The van der Waals surface area contributed by atoms with Crippen molar-refractivity contribution in [3.05, 3.63) is 45.7 Å². The molecule has 1 atom stereocenters. The molecule has 0 bridgehead atoms.